The van der Waals surface area contributed by atoms with Crippen LogP contribution >= 0.6 is 23.4 Å². The molecule has 3 heterocycles. The summed E-state index contributed by atoms with van der Waals surface area (Å²) in [5, 5.41) is 4.30. The molecular weight excluding hydrogens is 382 g/mol. The highest BCUT2D eigenvalue weighted by Gasteiger charge is 2.25. The van der Waals surface area contributed by atoms with Crippen molar-refractivity contribution in [1.29, 1.82) is 0 Å². The van der Waals surface area contributed by atoms with Gasteiger partial charge in [0.1, 0.15) is 23.7 Å². The smallest absolute Gasteiger partial charge is 0.142 e. The number of thioether (sulfide) groups is 1. The lowest BCUT2D eigenvalue weighted by Gasteiger charge is -2.27. The van der Waals surface area contributed by atoms with Gasteiger partial charge in [-0.25, -0.2) is 9.97 Å². The largest absolute Gasteiger partial charge is 0.495 e. The number of hydrogen-bond donors (Lipinski definition) is 1. The molecule has 0 bridgehead atoms. The highest BCUT2D eigenvalue weighted by Crippen LogP contribution is 2.33. The first kappa shape index (κ1) is 18.5. The number of methoxy groups -OCH3 is 1. The lowest BCUT2D eigenvalue weighted by Crippen LogP contribution is -2.33. The average Bonchev–Trinajstić information content (AvgIpc) is 3.17. The molecule has 1 N–H and O–H groups in total. The van der Waals surface area contributed by atoms with Gasteiger partial charge >= 0.3 is 0 Å². The third-order valence-corrected chi connectivity index (χ3v) is 6.19. The predicted molar refractivity (Wildman–Crippen MR) is 114 cm³/mol. The molecule has 1 aromatic heterocycles. The van der Waals surface area contributed by atoms with E-state index in [1.165, 1.54) is 0 Å². The Labute approximate surface area is 169 Å². The number of ether oxygens (including phenoxy) is 1. The first-order chi connectivity index (χ1) is 13.2. The van der Waals surface area contributed by atoms with Crippen LogP contribution in [0, 0.1) is 0 Å². The monoisotopic (exact) mass is 405 g/mol. The molecule has 0 amide bonds. The number of hydrogen-bond acceptors (Lipinski definition) is 7. The zero-order chi connectivity index (χ0) is 18.6. The highest BCUT2D eigenvalue weighted by atomic mass is 35.5. The Hall–Kier alpha value is -1.86. The van der Waals surface area contributed by atoms with Crippen LogP contribution < -0.4 is 19.9 Å². The lowest BCUT2D eigenvalue weighted by molar-refractivity contribution is 0.415. The maximum Gasteiger partial charge on any atom is 0.142 e. The van der Waals surface area contributed by atoms with Crippen LogP contribution in [0.25, 0.3) is 0 Å². The molecule has 2 saturated heterocycles. The van der Waals surface area contributed by atoms with Gasteiger partial charge in [-0.15, -0.1) is 0 Å². The molecule has 2 fully saturated rings. The van der Waals surface area contributed by atoms with E-state index in [1.807, 2.05) is 30.0 Å². The molecule has 2 aliphatic heterocycles. The summed E-state index contributed by atoms with van der Waals surface area (Å²) in [6.45, 7) is 3.94. The Kier molecular flexibility index (Phi) is 5.78. The van der Waals surface area contributed by atoms with Crippen LogP contribution in [0.5, 0.6) is 5.75 Å². The van der Waals surface area contributed by atoms with Crippen molar-refractivity contribution < 1.29 is 4.74 Å². The van der Waals surface area contributed by atoms with Crippen molar-refractivity contribution in [3.63, 3.8) is 0 Å². The molecule has 6 nitrogen and oxygen atoms in total. The quantitative estimate of drug-likeness (QED) is 0.818. The van der Waals surface area contributed by atoms with Crippen molar-refractivity contribution in [2.45, 2.75) is 12.5 Å². The summed E-state index contributed by atoms with van der Waals surface area (Å²) >= 11 is 8.19. The van der Waals surface area contributed by atoms with Gasteiger partial charge in [-0.05, 0) is 24.6 Å². The predicted octanol–water partition coefficient (Wildman–Crippen LogP) is 3.38. The maximum atomic E-state index is 6.19. The first-order valence-corrected chi connectivity index (χ1v) is 10.8. The Morgan fingerprint density at radius 3 is 2.81 bits per heavy atom. The van der Waals surface area contributed by atoms with Gasteiger partial charge < -0.3 is 19.9 Å². The number of aromatic nitrogens is 2. The van der Waals surface area contributed by atoms with Gasteiger partial charge in [0, 0.05) is 54.8 Å². The molecule has 1 unspecified atom stereocenters. The number of rotatable bonds is 5. The molecule has 1 atom stereocenters. The third-order valence-electron chi connectivity index (χ3n) is 5.01. The van der Waals surface area contributed by atoms with E-state index in [-0.39, 0.29) is 0 Å². The van der Waals surface area contributed by atoms with Gasteiger partial charge in [0.25, 0.3) is 0 Å². The maximum absolute atomic E-state index is 6.19. The van der Waals surface area contributed by atoms with Crippen molar-refractivity contribution in [2.24, 2.45) is 0 Å². The highest BCUT2D eigenvalue weighted by molar-refractivity contribution is 7.99. The first-order valence-electron chi connectivity index (χ1n) is 9.22. The van der Waals surface area contributed by atoms with E-state index in [0.717, 1.165) is 72.2 Å². The summed E-state index contributed by atoms with van der Waals surface area (Å²) in [5.41, 5.74) is 1.04. The van der Waals surface area contributed by atoms with Crippen LogP contribution in [-0.2, 0) is 0 Å². The normalized spacial score (nSPS) is 20.0. The fourth-order valence-electron chi connectivity index (χ4n) is 3.61. The van der Waals surface area contributed by atoms with E-state index in [0.29, 0.717) is 6.04 Å². The Morgan fingerprint density at radius 1 is 1.15 bits per heavy atom. The molecule has 0 spiro atoms. The lowest BCUT2D eigenvalue weighted by atomic mass is 10.2. The second kappa shape index (κ2) is 8.44. The minimum absolute atomic E-state index is 0.327. The zero-order valence-electron chi connectivity index (χ0n) is 15.4. The van der Waals surface area contributed by atoms with Gasteiger partial charge in [0.2, 0.25) is 0 Å². The minimum Gasteiger partial charge on any atom is -0.495 e. The summed E-state index contributed by atoms with van der Waals surface area (Å²) in [5.74, 6) is 5.08. The minimum atomic E-state index is 0.327. The van der Waals surface area contributed by atoms with Crippen LogP contribution in [-0.4, -0.2) is 60.8 Å². The van der Waals surface area contributed by atoms with Crippen LogP contribution in [0.3, 0.4) is 0 Å². The summed E-state index contributed by atoms with van der Waals surface area (Å²) in [6, 6.07) is 8.15. The van der Waals surface area contributed by atoms with Crippen molar-refractivity contribution in [2.75, 3.05) is 59.9 Å². The Balaban J connectivity index is 1.42. The number of anilines is 3. The SMILES string of the molecule is COc1ccc(Cl)cc1N1CCC(Nc2cc(N3CCSCC3)ncn2)C1. The van der Waals surface area contributed by atoms with Gasteiger partial charge in [-0.3, -0.25) is 0 Å². The van der Waals surface area contributed by atoms with E-state index in [2.05, 4.69) is 31.2 Å². The Bertz CT molecular complexity index is 786. The molecule has 4 rings (SSSR count). The summed E-state index contributed by atoms with van der Waals surface area (Å²) in [7, 11) is 1.69. The van der Waals surface area contributed by atoms with Crippen LogP contribution in [0.15, 0.2) is 30.6 Å². The topological polar surface area (TPSA) is 53.5 Å². The molecule has 2 aliphatic rings. The number of nitrogens with one attached hydrogen (secondary N) is 1. The summed E-state index contributed by atoms with van der Waals surface area (Å²) in [6.07, 6.45) is 2.70. The molecule has 2 aromatic rings. The molecular formula is C19H24ClN5OS. The van der Waals surface area contributed by atoms with E-state index < -0.39 is 0 Å². The molecule has 1 aromatic carbocycles. The zero-order valence-corrected chi connectivity index (χ0v) is 17.0. The van der Waals surface area contributed by atoms with Gasteiger partial charge in [-0.1, -0.05) is 11.6 Å². The van der Waals surface area contributed by atoms with E-state index in [9.17, 15) is 0 Å². The number of halogens is 1. The van der Waals surface area contributed by atoms with Gasteiger partial charge in [0.15, 0.2) is 0 Å². The number of benzene rings is 1. The van der Waals surface area contributed by atoms with E-state index in [1.54, 1.807) is 13.4 Å². The summed E-state index contributed by atoms with van der Waals surface area (Å²) < 4.78 is 5.50. The van der Waals surface area contributed by atoms with Crippen LogP contribution in [0.4, 0.5) is 17.3 Å². The van der Waals surface area contributed by atoms with Crippen LogP contribution in [0.2, 0.25) is 5.02 Å². The molecule has 0 radical (unpaired) electrons. The fraction of sp³-hybridized carbons (Fsp3) is 0.474. The molecule has 0 saturated carbocycles. The molecule has 27 heavy (non-hydrogen) atoms. The third kappa shape index (κ3) is 4.35. The fourth-order valence-corrected chi connectivity index (χ4v) is 4.68. The Morgan fingerprint density at radius 2 is 2.00 bits per heavy atom. The second-order valence-electron chi connectivity index (χ2n) is 6.75. The molecule has 8 heteroatoms. The average molecular weight is 406 g/mol. The van der Waals surface area contributed by atoms with E-state index in [4.69, 9.17) is 16.3 Å². The standard InChI is InChI=1S/C19H24ClN5OS/c1-26-17-3-2-14(20)10-16(17)25-5-4-15(12-25)23-18-11-19(22-13-21-18)24-6-8-27-9-7-24/h2-3,10-11,13,15H,4-9,12H2,1H3,(H,21,22,23). The van der Waals surface area contributed by atoms with Gasteiger partial charge in [0.05, 0.1) is 12.8 Å². The summed E-state index contributed by atoms with van der Waals surface area (Å²) in [4.78, 5) is 13.5. The van der Waals surface area contributed by atoms with Crippen molar-refractivity contribution >= 4 is 40.7 Å². The molecule has 0 aliphatic carbocycles. The van der Waals surface area contributed by atoms with E-state index >= 15 is 0 Å². The van der Waals surface area contributed by atoms with Crippen molar-refractivity contribution in [3.8, 4) is 5.75 Å². The van der Waals surface area contributed by atoms with Crippen LogP contribution in [0.1, 0.15) is 6.42 Å². The van der Waals surface area contributed by atoms with Gasteiger partial charge in [-0.2, -0.15) is 11.8 Å². The molecule has 144 valence electrons. The number of nitrogens with zero attached hydrogens (tertiary/aromatic N) is 4. The van der Waals surface area contributed by atoms with Crippen molar-refractivity contribution in [3.05, 3.63) is 35.6 Å². The van der Waals surface area contributed by atoms with Crippen molar-refractivity contribution in [1.82, 2.24) is 9.97 Å². The second-order valence-corrected chi connectivity index (χ2v) is 8.41.